The summed E-state index contributed by atoms with van der Waals surface area (Å²) in [4.78, 5) is 0. The van der Waals surface area contributed by atoms with E-state index in [1.165, 1.54) is 0 Å². The van der Waals surface area contributed by atoms with E-state index < -0.39 is 24.9 Å². The highest BCUT2D eigenvalue weighted by molar-refractivity contribution is 5.65. The smallest absolute Gasteiger partial charge is 0.119 e. The third-order valence-corrected chi connectivity index (χ3v) is 2.13. The van der Waals surface area contributed by atoms with Crippen LogP contribution >= 0.6 is 0 Å². The lowest BCUT2D eigenvalue weighted by Crippen LogP contribution is -2.40. The summed E-state index contributed by atoms with van der Waals surface area (Å²) >= 11 is 0. The molecule has 0 aliphatic carbocycles. The average Bonchev–Trinajstić information content (AvgIpc) is 2.38. The topological polar surface area (TPSA) is 105 Å². The summed E-state index contributed by atoms with van der Waals surface area (Å²) in [5, 5.41) is 40.0. The lowest BCUT2D eigenvalue weighted by Gasteiger charge is -2.18. The Morgan fingerprint density at radius 3 is 2.41 bits per heavy atom. The molecule has 1 unspecified atom stereocenters. The van der Waals surface area contributed by atoms with Gasteiger partial charge in [-0.3, -0.25) is 5.43 Å². The van der Waals surface area contributed by atoms with Gasteiger partial charge in [0.15, 0.2) is 0 Å². The van der Waals surface area contributed by atoms with E-state index >= 15 is 0 Å². The molecule has 1 aromatic carbocycles. The summed E-state index contributed by atoms with van der Waals surface area (Å²) in [6, 6.07) is 9.05. The highest BCUT2D eigenvalue weighted by Crippen LogP contribution is 2.04. The van der Waals surface area contributed by atoms with Gasteiger partial charge in [0.2, 0.25) is 0 Å². The number of benzene rings is 1. The second kappa shape index (κ2) is 6.97. The second-order valence-electron chi connectivity index (χ2n) is 3.49. The van der Waals surface area contributed by atoms with Crippen molar-refractivity contribution in [2.75, 3.05) is 12.0 Å². The zero-order valence-electron chi connectivity index (χ0n) is 9.14. The molecule has 6 nitrogen and oxygen atoms in total. The molecule has 0 amide bonds. The molecule has 0 spiro atoms. The maximum atomic E-state index is 9.39. The molecule has 17 heavy (non-hydrogen) atoms. The van der Waals surface area contributed by atoms with Gasteiger partial charge in [0, 0.05) is 0 Å². The molecule has 0 aromatic heterocycles. The molecule has 0 aliphatic rings. The Labute approximate surface area is 98.8 Å². The summed E-state index contributed by atoms with van der Waals surface area (Å²) < 4.78 is 0. The number of nitrogens with zero attached hydrogens (tertiary/aromatic N) is 1. The fourth-order valence-electron chi connectivity index (χ4n) is 1.12. The van der Waals surface area contributed by atoms with Crippen molar-refractivity contribution < 1.29 is 20.4 Å². The number of hydrazone groups is 1. The normalized spacial score (nSPS) is 16.7. The van der Waals surface area contributed by atoms with E-state index in [1.54, 1.807) is 12.1 Å². The molecular weight excluding hydrogens is 224 g/mol. The number of rotatable bonds is 6. The summed E-state index contributed by atoms with van der Waals surface area (Å²) in [5.74, 6) is 0. The number of aliphatic hydroxyl groups is 4. The molecule has 1 rings (SSSR count). The van der Waals surface area contributed by atoms with Crippen LogP contribution in [-0.4, -0.2) is 51.6 Å². The predicted molar refractivity (Wildman–Crippen MR) is 63.7 cm³/mol. The number of anilines is 1. The Bertz CT molecular complexity index is 345. The zero-order chi connectivity index (χ0) is 12.7. The first-order chi connectivity index (χ1) is 8.15. The second-order valence-corrected chi connectivity index (χ2v) is 3.49. The lowest BCUT2D eigenvalue weighted by atomic mass is 10.1. The largest absolute Gasteiger partial charge is 0.394 e. The Hall–Kier alpha value is -1.47. The first-order valence-electron chi connectivity index (χ1n) is 5.14. The van der Waals surface area contributed by atoms with Crippen molar-refractivity contribution in [3.63, 3.8) is 0 Å². The fourth-order valence-corrected chi connectivity index (χ4v) is 1.12. The van der Waals surface area contributed by atoms with Crippen molar-refractivity contribution in [3.05, 3.63) is 30.3 Å². The molecule has 5 N–H and O–H groups in total. The van der Waals surface area contributed by atoms with E-state index in [0.29, 0.717) is 0 Å². The Morgan fingerprint density at radius 2 is 1.82 bits per heavy atom. The SMILES string of the molecule is OCC(O)[C@@H](O)[C@H](O)/C=N/Nc1ccccc1. The fraction of sp³-hybridized carbons (Fsp3) is 0.364. The van der Waals surface area contributed by atoms with Crippen LogP contribution in [0.1, 0.15) is 0 Å². The Morgan fingerprint density at radius 1 is 1.18 bits per heavy atom. The summed E-state index contributed by atoms with van der Waals surface area (Å²) in [6.45, 7) is -0.627. The van der Waals surface area contributed by atoms with E-state index in [2.05, 4.69) is 10.5 Å². The number of nitrogens with one attached hydrogen (secondary N) is 1. The van der Waals surface area contributed by atoms with Crippen LogP contribution < -0.4 is 5.43 Å². The van der Waals surface area contributed by atoms with Crippen LogP contribution in [0.15, 0.2) is 35.4 Å². The van der Waals surface area contributed by atoms with E-state index in [1.807, 2.05) is 18.2 Å². The van der Waals surface area contributed by atoms with Gasteiger partial charge in [0.1, 0.15) is 18.3 Å². The first kappa shape index (κ1) is 13.6. The van der Waals surface area contributed by atoms with Gasteiger partial charge in [-0.15, -0.1) is 0 Å². The molecule has 94 valence electrons. The van der Waals surface area contributed by atoms with Crippen molar-refractivity contribution in [1.82, 2.24) is 0 Å². The highest BCUT2D eigenvalue weighted by atomic mass is 16.4. The monoisotopic (exact) mass is 240 g/mol. The van der Waals surface area contributed by atoms with Gasteiger partial charge >= 0.3 is 0 Å². The number of hydrogen-bond donors (Lipinski definition) is 5. The van der Waals surface area contributed by atoms with Crippen LogP contribution in [0.2, 0.25) is 0 Å². The molecule has 0 saturated carbocycles. The van der Waals surface area contributed by atoms with Crippen molar-refractivity contribution in [2.45, 2.75) is 18.3 Å². The van der Waals surface area contributed by atoms with E-state index in [-0.39, 0.29) is 0 Å². The molecule has 0 heterocycles. The minimum Gasteiger partial charge on any atom is -0.394 e. The maximum absolute atomic E-state index is 9.39. The third kappa shape index (κ3) is 4.49. The standard InChI is InChI=1S/C11H16N2O4/c14-7-10(16)11(17)9(15)6-12-13-8-4-2-1-3-5-8/h1-6,9-11,13-17H,7H2/b12-6+/t9-,10?,11+/m1/s1. The molecule has 6 heteroatoms. The van der Waals surface area contributed by atoms with Crippen LogP contribution in [0, 0.1) is 0 Å². The maximum Gasteiger partial charge on any atom is 0.119 e. The molecule has 0 fully saturated rings. The van der Waals surface area contributed by atoms with E-state index in [9.17, 15) is 10.2 Å². The first-order valence-corrected chi connectivity index (χ1v) is 5.14. The van der Waals surface area contributed by atoms with Gasteiger partial charge in [-0.05, 0) is 12.1 Å². The minimum atomic E-state index is -1.47. The van der Waals surface area contributed by atoms with Crippen molar-refractivity contribution >= 4 is 11.9 Å². The molecular formula is C11H16N2O4. The van der Waals surface area contributed by atoms with E-state index in [4.69, 9.17) is 10.2 Å². The molecule has 0 aliphatic heterocycles. The molecule has 0 radical (unpaired) electrons. The van der Waals surface area contributed by atoms with Gasteiger partial charge < -0.3 is 20.4 Å². The van der Waals surface area contributed by atoms with Crippen LogP contribution in [0.25, 0.3) is 0 Å². The van der Waals surface area contributed by atoms with Gasteiger partial charge in [-0.1, -0.05) is 18.2 Å². The van der Waals surface area contributed by atoms with Crippen LogP contribution in [-0.2, 0) is 0 Å². The van der Waals surface area contributed by atoms with E-state index in [0.717, 1.165) is 11.9 Å². The summed E-state index contributed by atoms with van der Waals surface area (Å²) in [6.07, 6.45) is -3.17. The van der Waals surface area contributed by atoms with Crippen molar-refractivity contribution in [2.24, 2.45) is 5.10 Å². The quantitative estimate of drug-likeness (QED) is 0.329. The Kier molecular flexibility index (Phi) is 5.58. The van der Waals surface area contributed by atoms with Crippen molar-refractivity contribution in [3.8, 4) is 0 Å². The molecule has 3 atom stereocenters. The van der Waals surface area contributed by atoms with Crippen LogP contribution in [0.3, 0.4) is 0 Å². The lowest BCUT2D eigenvalue weighted by molar-refractivity contribution is -0.0541. The number of hydrogen-bond acceptors (Lipinski definition) is 6. The van der Waals surface area contributed by atoms with Gasteiger partial charge in [-0.25, -0.2) is 0 Å². The summed E-state index contributed by atoms with van der Waals surface area (Å²) in [7, 11) is 0. The highest BCUT2D eigenvalue weighted by Gasteiger charge is 2.22. The van der Waals surface area contributed by atoms with Gasteiger partial charge in [0.05, 0.1) is 18.5 Å². The number of aliphatic hydroxyl groups excluding tert-OH is 4. The summed E-state index contributed by atoms with van der Waals surface area (Å²) in [5.41, 5.74) is 3.37. The molecule has 1 aromatic rings. The third-order valence-electron chi connectivity index (χ3n) is 2.13. The van der Waals surface area contributed by atoms with Gasteiger partial charge in [0.25, 0.3) is 0 Å². The average molecular weight is 240 g/mol. The molecule has 0 bridgehead atoms. The zero-order valence-corrected chi connectivity index (χ0v) is 9.14. The Balaban J connectivity index is 2.43. The van der Waals surface area contributed by atoms with Crippen LogP contribution in [0.5, 0.6) is 0 Å². The predicted octanol–water partition coefficient (Wildman–Crippen LogP) is -0.841. The van der Waals surface area contributed by atoms with Crippen LogP contribution in [0.4, 0.5) is 5.69 Å². The molecule has 0 saturated heterocycles. The van der Waals surface area contributed by atoms with Gasteiger partial charge in [-0.2, -0.15) is 5.10 Å². The number of para-hydroxylation sites is 1. The minimum absolute atomic E-state index is 0.627. The van der Waals surface area contributed by atoms with Crippen molar-refractivity contribution in [1.29, 1.82) is 0 Å².